The van der Waals surface area contributed by atoms with Crippen LogP contribution in [0, 0.1) is 11.3 Å². The first-order chi connectivity index (χ1) is 4.21. The number of halogens is 1. The zero-order valence-corrected chi connectivity index (χ0v) is 6.74. The zero-order chi connectivity index (χ0) is 6.91. The summed E-state index contributed by atoms with van der Waals surface area (Å²) < 4.78 is 5.11. The molecule has 1 rings (SSSR count). The number of hydrogen-bond acceptors (Lipinski definition) is 1. The molecule has 0 aliphatic carbocycles. The SMILES string of the molecule is CC(C)C1(CCl)COC1. The first kappa shape index (κ1) is 7.36. The Balaban J connectivity index is 2.46. The van der Waals surface area contributed by atoms with Gasteiger partial charge in [-0.15, -0.1) is 11.6 Å². The molecule has 1 aliphatic rings. The lowest BCUT2D eigenvalue weighted by atomic mass is 9.77. The van der Waals surface area contributed by atoms with E-state index in [4.69, 9.17) is 16.3 Å². The summed E-state index contributed by atoms with van der Waals surface area (Å²) in [7, 11) is 0. The van der Waals surface area contributed by atoms with Gasteiger partial charge in [-0.25, -0.2) is 0 Å². The summed E-state index contributed by atoms with van der Waals surface area (Å²) in [6, 6.07) is 0. The molecule has 0 aromatic rings. The summed E-state index contributed by atoms with van der Waals surface area (Å²) in [5.41, 5.74) is 0.307. The number of alkyl halides is 1. The van der Waals surface area contributed by atoms with Gasteiger partial charge in [-0.2, -0.15) is 0 Å². The second-order valence-corrected chi connectivity index (χ2v) is 3.41. The molecule has 0 amide bonds. The molecule has 1 aliphatic heterocycles. The minimum absolute atomic E-state index is 0.307. The van der Waals surface area contributed by atoms with Crippen LogP contribution in [0.25, 0.3) is 0 Å². The van der Waals surface area contributed by atoms with E-state index in [2.05, 4.69) is 13.8 Å². The maximum atomic E-state index is 5.78. The Morgan fingerprint density at radius 3 is 2.11 bits per heavy atom. The van der Waals surface area contributed by atoms with Crippen LogP contribution in [0.5, 0.6) is 0 Å². The molecule has 1 fully saturated rings. The quantitative estimate of drug-likeness (QED) is 0.544. The fourth-order valence-electron chi connectivity index (χ4n) is 0.929. The summed E-state index contributed by atoms with van der Waals surface area (Å²) >= 11 is 5.78. The molecule has 0 bridgehead atoms. The largest absolute Gasteiger partial charge is 0.380 e. The Hall–Kier alpha value is 0.250. The molecule has 54 valence electrons. The van der Waals surface area contributed by atoms with Crippen molar-refractivity contribution in [2.24, 2.45) is 11.3 Å². The van der Waals surface area contributed by atoms with E-state index in [1.807, 2.05) is 0 Å². The van der Waals surface area contributed by atoms with Crippen molar-refractivity contribution in [1.29, 1.82) is 0 Å². The second-order valence-electron chi connectivity index (χ2n) is 3.14. The Morgan fingerprint density at radius 2 is 2.11 bits per heavy atom. The summed E-state index contributed by atoms with van der Waals surface area (Å²) in [6.45, 7) is 6.11. The van der Waals surface area contributed by atoms with Gasteiger partial charge in [0, 0.05) is 11.3 Å². The highest BCUT2D eigenvalue weighted by atomic mass is 35.5. The van der Waals surface area contributed by atoms with E-state index in [1.165, 1.54) is 0 Å². The van der Waals surface area contributed by atoms with Crippen LogP contribution < -0.4 is 0 Å². The van der Waals surface area contributed by atoms with Gasteiger partial charge in [-0.05, 0) is 5.92 Å². The van der Waals surface area contributed by atoms with Crippen LogP contribution in [0.1, 0.15) is 13.8 Å². The lowest BCUT2D eigenvalue weighted by molar-refractivity contribution is -0.124. The summed E-state index contributed by atoms with van der Waals surface area (Å²) in [5.74, 6) is 1.40. The van der Waals surface area contributed by atoms with E-state index in [-0.39, 0.29) is 0 Å². The standard InChI is InChI=1S/C7H13ClO/c1-6(2)7(3-8)4-9-5-7/h6H,3-5H2,1-2H3. The third kappa shape index (κ3) is 1.08. The van der Waals surface area contributed by atoms with Gasteiger partial charge in [-0.3, -0.25) is 0 Å². The number of ether oxygens (including phenoxy) is 1. The Labute approximate surface area is 61.3 Å². The molecule has 0 atom stereocenters. The molecule has 9 heavy (non-hydrogen) atoms. The van der Waals surface area contributed by atoms with Crippen molar-refractivity contribution in [2.45, 2.75) is 13.8 Å². The van der Waals surface area contributed by atoms with E-state index in [9.17, 15) is 0 Å². The van der Waals surface area contributed by atoms with Crippen molar-refractivity contribution in [3.63, 3.8) is 0 Å². The molecular formula is C7H13ClO. The molecule has 0 saturated carbocycles. The fraction of sp³-hybridized carbons (Fsp3) is 1.00. The average Bonchev–Trinajstić information content (AvgIpc) is 1.62. The van der Waals surface area contributed by atoms with Crippen molar-refractivity contribution in [3.05, 3.63) is 0 Å². The van der Waals surface area contributed by atoms with Crippen LogP contribution in [0.4, 0.5) is 0 Å². The van der Waals surface area contributed by atoms with Crippen molar-refractivity contribution < 1.29 is 4.74 Å². The summed E-state index contributed by atoms with van der Waals surface area (Å²) in [6.07, 6.45) is 0. The molecule has 0 spiro atoms. The molecule has 0 aromatic carbocycles. The fourth-order valence-corrected chi connectivity index (χ4v) is 1.39. The van der Waals surface area contributed by atoms with E-state index in [0.717, 1.165) is 19.1 Å². The molecular weight excluding hydrogens is 136 g/mol. The van der Waals surface area contributed by atoms with Gasteiger partial charge >= 0.3 is 0 Å². The van der Waals surface area contributed by atoms with Gasteiger partial charge < -0.3 is 4.74 Å². The molecule has 0 radical (unpaired) electrons. The first-order valence-electron chi connectivity index (χ1n) is 3.35. The van der Waals surface area contributed by atoms with Crippen molar-refractivity contribution in [1.82, 2.24) is 0 Å². The lowest BCUT2D eigenvalue weighted by Gasteiger charge is -2.43. The van der Waals surface area contributed by atoms with Crippen molar-refractivity contribution in [3.8, 4) is 0 Å². The predicted molar refractivity (Wildman–Crippen MR) is 38.8 cm³/mol. The van der Waals surface area contributed by atoms with Crippen LogP contribution in [-0.2, 0) is 4.74 Å². The molecule has 1 heterocycles. The second kappa shape index (κ2) is 2.47. The van der Waals surface area contributed by atoms with E-state index >= 15 is 0 Å². The number of hydrogen-bond donors (Lipinski definition) is 0. The lowest BCUT2D eigenvalue weighted by Crippen LogP contribution is -2.48. The van der Waals surface area contributed by atoms with Gasteiger partial charge in [0.15, 0.2) is 0 Å². The average molecular weight is 149 g/mol. The smallest absolute Gasteiger partial charge is 0.0558 e. The van der Waals surface area contributed by atoms with Crippen LogP contribution in [0.15, 0.2) is 0 Å². The third-order valence-electron chi connectivity index (χ3n) is 2.27. The molecule has 1 saturated heterocycles. The number of rotatable bonds is 2. The van der Waals surface area contributed by atoms with Gasteiger partial charge in [0.05, 0.1) is 13.2 Å². The van der Waals surface area contributed by atoms with E-state index in [0.29, 0.717) is 11.3 Å². The summed E-state index contributed by atoms with van der Waals surface area (Å²) in [5, 5.41) is 0. The van der Waals surface area contributed by atoms with Crippen LogP contribution in [0.3, 0.4) is 0 Å². The first-order valence-corrected chi connectivity index (χ1v) is 3.88. The molecule has 0 N–H and O–H groups in total. The van der Waals surface area contributed by atoms with Gasteiger partial charge in [-0.1, -0.05) is 13.8 Å². The van der Waals surface area contributed by atoms with E-state index in [1.54, 1.807) is 0 Å². The van der Waals surface area contributed by atoms with Gasteiger partial charge in [0.2, 0.25) is 0 Å². The Kier molecular flexibility index (Phi) is 2.02. The van der Waals surface area contributed by atoms with Crippen molar-refractivity contribution >= 4 is 11.6 Å². The van der Waals surface area contributed by atoms with E-state index < -0.39 is 0 Å². The monoisotopic (exact) mass is 148 g/mol. The normalized spacial score (nSPS) is 24.0. The summed E-state index contributed by atoms with van der Waals surface area (Å²) in [4.78, 5) is 0. The van der Waals surface area contributed by atoms with Gasteiger partial charge in [0.1, 0.15) is 0 Å². The van der Waals surface area contributed by atoms with Crippen molar-refractivity contribution in [2.75, 3.05) is 19.1 Å². The zero-order valence-electron chi connectivity index (χ0n) is 5.98. The topological polar surface area (TPSA) is 9.23 Å². The molecule has 2 heteroatoms. The highest BCUT2D eigenvalue weighted by molar-refractivity contribution is 6.18. The predicted octanol–water partition coefficient (Wildman–Crippen LogP) is 1.90. The van der Waals surface area contributed by atoms with Crippen LogP contribution >= 0.6 is 11.6 Å². The minimum Gasteiger partial charge on any atom is -0.380 e. The Morgan fingerprint density at radius 1 is 1.56 bits per heavy atom. The molecule has 0 unspecified atom stereocenters. The maximum Gasteiger partial charge on any atom is 0.0558 e. The van der Waals surface area contributed by atoms with Gasteiger partial charge in [0.25, 0.3) is 0 Å². The highest BCUT2D eigenvalue weighted by Crippen LogP contribution is 2.36. The Bertz CT molecular complexity index is 91.6. The third-order valence-corrected chi connectivity index (χ3v) is 2.80. The highest BCUT2D eigenvalue weighted by Gasteiger charge is 2.40. The maximum absolute atomic E-state index is 5.78. The molecule has 0 aromatic heterocycles. The van der Waals surface area contributed by atoms with Crippen LogP contribution in [0.2, 0.25) is 0 Å². The minimum atomic E-state index is 0.307. The molecule has 1 nitrogen and oxygen atoms in total. The van der Waals surface area contributed by atoms with Crippen LogP contribution in [-0.4, -0.2) is 19.1 Å².